The molecule has 1 aliphatic heterocycles. The predicted octanol–water partition coefficient (Wildman–Crippen LogP) is 0.704. The molecule has 2 aliphatic rings. The van der Waals surface area contributed by atoms with Crippen molar-refractivity contribution in [1.82, 2.24) is 5.32 Å². The Morgan fingerprint density at radius 1 is 1.32 bits per heavy atom. The lowest BCUT2D eigenvalue weighted by molar-refractivity contribution is -0.158. The summed E-state index contributed by atoms with van der Waals surface area (Å²) in [5, 5.41) is 2.62. The van der Waals surface area contributed by atoms with Crippen molar-refractivity contribution >= 4 is 11.9 Å². The number of hydrogen-bond acceptors (Lipinski definition) is 5. The molecular weight excluding hydrogens is 250 g/mol. The van der Waals surface area contributed by atoms with Crippen LogP contribution in [0.5, 0.6) is 0 Å². The molecule has 1 N–H and O–H groups in total. The van der Waals surface area contributed by atoms with Crippen LogP contribution in [-0.2, 0) is 23.8 Å². The zero-order valence-corrected chi connectivity index (χ0v) is 11.2. The molecule has 19 heavy (non-hydrogen) atoms. The molecule has 0 unspecified atom stereocenters. The fraction of sp³-hybridized carbons (Fsp3) is 0.538. The van der Waals surface area contributed by atoms with Gasteiger partial charge in [0.2, 0.25) is 5.91 Å². The van der Waals surface area contributed by atoms with Crippen LogP contribution in [0.4, 0.5) is 0 Å². The van der Waals surface area contributed by atoms with E-state index in [2.05, 4.69) is 5.32 Å². The molecule has 1 heterocycles. The van der Waals surface area contributed by atoms with Crippen molar-refractivity contribution in [2.24, 2.45) is 11.3 Å². The number of fused-ring (bicyclic) bond motifs is 1. The second-order valence-electron chi connectivity index (χ2n) is 4.56. The van der Waals surface area contributed by atoms with Gasteiger partial charge in [0.1, 0.15) is 16.9 Å². The van der Waals surface area contributed by atoms with Gasteiger partial charge in [-0.05, 0) is 6.08 Å². The maximum atomic E-state index is 12.2. The van der Waals surface area contributed by atoms with Crippen LogP contribution in [0.3, 0.4) is 0 Å². The second kappa shape index (κ2) is 4.95. The van der Waals surface area contributed by atoms with E-state index in [1.54, 1.807) is 6.08 Å². The van der Waals surface area contributed by atoms with E-state index in [0.29, 0.717) is 17.9 Å². The van der Waals surface area contributed by atoms with E-state index in [1.165, 1.54) is 27.5 Å². The summed E-state index contributed by atoms with van der Waals surface area (Å²) in [5.41, 5.74) is -1.01. The number of ether oxygens (including phenoxy) is 3. The van der Waals surface area contributed by atoms with Crippen molar-refractivity contribution in [3.05, 3.63) is 23.8 Å². The Labute approximate surface area is 111 Å². The van der Waals surface area contributed by atoms with Gasteiger partial charge in [-0.3, -0.25) is 9.59 Å². The first kappa shape index (κ1) is 13.5. The first-order chi connectivity index (χ1) is 9.08. The van der Waals surface area contributed by atoms with E-state index >= 15 is 0 Å². The monoisotopic (exact) mass is 267 g/mol. The van der Waals surface area contributed by atoms with Crippen LogP contribution in [0.2, 0.25) is 0 Å². The van der Waals surface area contributed by atoms with Gasteiger partial charge in [-0.25, -0.2) is 0 Å². The minimum absolute atomic E-state index is 0.211. The third-order valence-corrected chi connectivity index (χ3v) is 3.76. The van der Waals surface area contributed by atoms with E-state index in [9.17, 15) is 9.59 Å². The molecule has 0 spiro atoms. The molecule has 0 fully saturated rings. The first-order valence-electron chi connectivity index (χ1n) is 5.95. The summed E-state index contributed by atoms with van der Waals surface area (Å²) < 4.78 is 15.4. The molecule has 1 amide bonds. The molecule has 2 atom stereocenters. The van der Waals surface area contributed by atoms with Crippen LogP contribution in [0.25, 0.3) is 0 Å². The molecule has 0 bridgehead atoms. The van der Waals surface area contributed by atoms with Crippen molar-refractivity contribution in [3.8, 4) is 0 Å². The SMILES string of the molecule is COC(=O)[C@@]12C=CNC(=O)[C@@H]1CC(OC)=C(OC)C2. The normalized spacial score (nSPS) is 29.4. The van der Waals surface area contributed by atoms with Crippen LogP contribution in [0, 0.1) is 11.3 Å². The van der Waals surface area contributed by atoms with E-state index in [-0.39, 0.29) is 12.3 Å². The zero-order chi connectivity index (χ0) is 14.0. The van der Waals surface area contributed by atoms with Crippen molar-refractivity contribution in [3.63, 3.8) is 0 Å². The highest BCUT2D eigenvalue weighted by atomic mass is 16.5. The van der Waals surface area contributed by atoms with Crippen LogP contribution in [0.15, 0.2) is 23.8 Å². The van der Waals surface area contributed by atoms with Crippen LogP contribution >= 0.6 is 0 Å². The molecule has 0 saturated heterocycles. The minimum Gasteiger partial charge on any atom is -0.498 e. The van der Waals surface area contributed by atoms with Crippen LogP contribution in [0.1, 0.15) is 12.8 Å². The fourth-order valence-electron chi connectivity index (χ4n) is 2.70. The van der Waals surface area contributed by atoms with Crippen molar-refractivity contribution in [1.29, 1.82) is 0 Å². The Balaban J connectivity index is 2.50. The molecule has 1 aliphatic carbocycles. The van der Waals surface area contributed by atoms with Crippen LogP contribution in [-0.4, -0.2) is 33.2 Å². The Bertz CT molecular complexity index is 468. The predicted molar refractivity (Wildman–Crippen MR) is 65.5 cm³/mol. The van der Waals surface area contributed by atoms with Gasteiger partial charge in [-0.1, -0.05) is 0 Å². The zero-order valence-electron chi connectivity index (χ0n) is 11.2. The fourth-order valence-corrected chi connectivity index (χ4v) is 2.70. The van der Waals surface area contributed by atoms with Gasteiger partial charge in [0.05, 0.1) is 27.2 Å². The largest absolute Gasteiger partial charge is 0.498 e. The third kappa shape index (κ3) is 1.97. The number of methoxy groups -OCH3 is 3. The van der Waals surface area contributed by atoms with Gasteiger partial charge in [0, 0.05) is 19.0 Å². The molecule has 0 aromatic carbocycles. The maximum Gasteiger partial charge on any atom is 0.317 e. The summed E-state index contributed by atoms with van der Waals surface area (Å²) >= 11 is 0. The lowest BCUT2D eigenvalue weighted by Crippen LogP contribution is -2.50. The number of amides is 1. The third-order valence-electron chi connectivity index (χ3n) is 3.76. The number of hydrogen-bond donors (Lipinski definition) is 1. The highest BCUT2D eigenvalue weighted by Crippen LogP contribution is 2.47. The number of esters is 1. The lowest BCUT2D eigenvalue weighted by Gasteiger charge is -2.41. The molecule has 6 heteroatoms. The number of rotatable bonds is 3. The number of carbonyl (C=O) groups is 2. The maximum absolute atomic E-state index is 12.2. The minimum atomic E-state index is -1.01. The van der Waals surface area contributed by atoms with Gasteiger partial charge in [-0.2, -0.15) is 0 Å². The molecular formula is C13H17NO5. The Hall–Kier alpha value is -1.98. The van der Waals surface area contributed by atoms with E-state index in [4.69, 9.17) is 14.2 Å². The average molecular weight is 267 g/mol. The number of allylic oxidation sites excluding steroid dienone is 2. The van der Waals surface area contributed by atoms with Crippen LogP contribution < -0.4 is 5.32 Å². The lowest BCUT2D eigenvalue weighted by atomic mass is 9.66. The van der Waals surface area contributed by atoms with Crippen molar-refractivity contribution in [2.75, 3.05) is 21.3 Å². The summed E-state index contributed by atoms with van der Waals surface area (Å²) in [6.45, 7) is 0. The summed E-state index contributed by atoms with van der Waals surface area (Å²) in [7, 11) is 4.36. The highest BCUT2D eigenvalue weighted by molar-refractivity contribution is 5.92. The summed E-state index contributed by atoms with van der Waals surface area (Å²) in [6.07, 6.45) is 3.73. The molecule has 104 valence electrons. The highest BCUT2D eigenvalue weighted by Gasteiger charge is 2.54. The van der Waals surface area contributed by atoms with Crippen molar-refractivity contribution < 1.29 is 23.8 Å². The van der Waals surface area contributed by atoms with Gasteiger partial charge < -0.3 is 19.5 Å². The standard InChI is InChI=1S/C13H17NO5/c1-17-9-6-8-11(15)14-5-4-13(8,12(16)19-3)7-10(9)18-2/h4-5,8H,6-7H2,1-3H3,(H,14,15)/t8-,13+/m0/s1. The summed E-state index contributed by atoms with van der Waals surface area (Å²) in [5.74, 6) is -0.0225. The Morgan fingerprint density at radius 2 is 2.00 bits per heavy atom. The van der Waals surface area contributed by atoms with Gasteiger partial charge in [-0.15, -0.1) is 0 Å². The number of carbonyl (C=O) groups excluding carboxylic acids is 2. The van der Waals surface area contributed by atoms with Gasteiger partial charge in [0.15, 0.2) is 0 Å². The molecule has 0 radical (unpaired) electrons. The smallest absolute Gasteiger partial charge is 0.317 e. The molecule has 6 nitrogen and oxygen atoms in total. The molecule has 0 aromatic heterocycles. The first-order valence-corrected chi connectivity index (χ1v) is 5.95. The summed E-state index contributed by atoms with van der Waals surface area (Å²) in [4.78, 5) is 24.2. The van der Waals surface area contributed by atoms with E-state index in [1.807, 2.05) is 0 Å². The molecule has 0 saturated carbocycles. The Morgan fingerprint density at radius 3 is 2.58 bits per heavy atom. The Kier molecular flexibility index (Phi) is 3.50. The quantitative estimate of drug-likeness (QED) is 0.762. The van der Waals surface area contributed by atoms with E-state index in [0.717, 1.165) is 0 Å². The van der Waals surface area contributed by atoms with E-state index < -0.39 is 17.3 Å². The summed E-state index contributed by atoms with van der Waals surface area (Å²) in [6, 6.07) is 0. The van der Waals surface area contributed by atoms with Gasteiger partial charge in [0.25, 0.3) is 0 Å². The average Bonchev–Trinajstić information content (AvgIpc) is 2.45. The molecule has 0 aromatic rings. The number of nitrogens with one attached hydrogen (secondary N) is 1. The van der Waals surface area contributed by atoms with Gasteiger partial charge >= 0.3 is 5.97 Å². The molecule has 2 rings (SSSR count). The topological polar surface area (TPSA) is 73.9 Å². The second-order valence-corrected chi connectivity index (χ2v) is 4.56. The van der Waals surface area contributed by atoms with Crippen molar-refractivity contribution in [2.45, 2.75) is 12.8 Å².